The number of aromatic nitrogens is 2. The number of thioether (sulfide) groups is 1. The second kappa shape index (κ2) is 7.07. The molecule has 0 radical (unpaired) electrons. The van der Waals surface area contributed by atoms with Crippen molar-refractivity contribution in [3.05, 3.63) is 49.9 Å². The van der Waals surface area contributed by atoms with E-state index in [-0.39, 0.29) is 0 Å². The van der Waals surface area contributed by atoms with Gasteiger partial charge in [0.1, 0.15) is 10.5 Å². The van der Waals surface area contributed by atoms with Crippen LogP contribution in [0.3, 0.4) is 0 Å². The number of nitrogens with one attached hydrogen (secondary N) is 1. The molecule has 6 heteroatoms. The number of benzene rings is 1. The van der Waals surface area contributed by atoms with Crippen molar-refractivity contribution in [3.8, 4) is 0 Å². The Balaban J connectivity index is 2.20. The van der Waals surface area contributed by atoms with Gasteiger partial charge >= 0.3 is 0 Å². The van der Waals surface area contributed by atoms with Crippen LogP contribution in [0.25, 0.3) is 0 Å². The Morgan fingerprint density at radius 2 is 2.20 bits per heavy atom. The maximum absolute atomic E-state index is 5.98. The molecule has 0 aliphatic carbocycles. The largest absolute Gasteiger partial charge is 0.345 e. The van der Waals surface area contributed by atoms with Crippen molar-refractivity contribution < 1.29 is 0 Å². The topological polar surface area (TPSA) is 28.7 Å². The first-order chi connectivity index (χ1) is 9.47. The van der Waals surface area contributed by atoms with E-state index < -0.39 is 0 Å². The fourth-order valence-electron chi connectivity index (χ4n) is 1.70. The van der Waals surface area contributed by atoms with Crippen molar-refractivity contribution in [1.82, 2.24) is 9.97 Å². The van der Waals surface area contributed by atoms with Crippen LogP contribution < -0.4 is 0 Å². The van der Waals surface area contributed by atoms with Gasteiger partial charge in [-0.05, 0) is 40.0 Å². The average Bonchev–Trinajstić information content (AvgIpc) is 2.39. The van der Waals surface area contributed by atoms with Gasteiger partial charge in [0.2, 0.25) is 0 Å². The molecule has 2 aromatic rings. The van der Waals surface area contributed by atoms with Crippen LogP contribution in [-0.2, 0) is 5.75 Å². The Hall–Kier alpha value is -0.360. The molecule has 1 heterocycles. The summed E-state index contributed by atoms with van der Waals surface area (Å²) in [6.07, 6.45) is 0. The normalized spacial score (nSPS) is 11.1. The van der Waals surface area contributed by atoms with Crippen LogP contribution in [0.15, 0.2) is 33.6 Å². The fraction of sp³-hybridized carbons (Fsp3) is 0.286. The highest BCUT2D eigenvalue weighted by atomic mass is 79.9. The summed E-state index contributed by atoms with van der Waals surface area (Å²) in [5.41, 5.74) is 1.09. The monoisotopic (exact) mass is 388 g/mol. The van der Waals surface area contributed by atoms with Crippen molar-refractivity contribution in [3.63, 3.8) is 0 Å². The number of H-pyrrole nitrogens is 1. The van der Waals surface area contributed by atoms with Crippen LogP contribution in [0.4, 0.5) is 0 Å². The lowest BCUT2D eigenvalue weighted by Gasteiger charge is -2.11. The van der Waals surface area contributed by atoms with Gasteiger partial charge < -0.3 is 4.98 Å². The molecule has 0 fully saturated rings. The minimum Gasteiger partial charge on any atom is -0.345 e. The fourth-order valence-corrected chi connectivity index (χ4v) is 3.65. The van der Waals surface area contributed by atoms with Gasteiger partial charge in [0.15, 0.2) is 0 Å². The third-order valence-electron chi connectivity index (χ3n) is 2.69. The van der Waals surface area contributed by atoms with E-state index >= 15 is 0 Å². The zero-order valence-electron chi connectivity index (χ0n) is 11.1. The first-order valence-electron chi connectivity index (χ1n) is 6.14. The molecule has 2 rings (SSSR count). The maximum Gasteiger partial charge on any atom is 0.144 e. The van der Waals surface area contributed by atoms with Crippen molar-refractivity contribution in [2.24, 2.45) is 0 Å². The number of halogens is 2. The second-order valence-corrected chi connectivity index (χ2v) is 7.28. The molecular formula is C14H14BrClN2S2. The van der Waals surface area contributed by atoms with Crippen molar-refractivity contribution >= 4 is 51.5 Å². The van der Waals surface area contributed by atoms with Crippen LogP contribution >= 0.6 is 51.5 Å². The van der Waals surface area contributed by atoms with E-state index in [9.17, 15) is 0 Å². The van der Waals surface area contributed by atoms with Crippen molar-refractivity contribution in [1.29, 1.82) is 0 Å². The molecule has 20 heavy (non-hydrogen) atoms. The van der Waals surface area contributed by atoms with Gasteiger partial charge in [-0.3, -0.25) is 0 Å². The van der Waals surface area contributed by atoms with Gasteiger partial charge in [-0.2, -0.15) is 0 Å². The van der Waals surface area contributed by atoms with Crippen LogP contribution in [-0.4, -0.2) is 9.97 Å². The zero-order valence-corrected chi connectivity index (χ0v) is 15.1. The summed E-state index contributed by atoms with van der Waals surface area (Å²) in [7, 11) is 0. The molecule has 0 saturated heterocycles. The smallest absolute Gasteiger partial charge is 0.144 e. The molecule has 0 aliphatic heterocycles. The minimum atomic E-state index is 0.365. The van der Waals surface area contributed by atoms with Crippen LogP contribution in [0.5, 0.6) is 0 Å². The molecule has 0 aliphatic rings. The van der Waals surface area contributed by atoms with E-state index in [0.717, 1.165) is 31.7 Å². The Labute approximate surface area is 141 Å². The molecule has 0 saturated carbocycles. The molecular weight excluding hydrogens is 376 g/mol. The summed E-state index contributed by atoms with van der Waals surface area (Å²) >= 11 is 16.5. The molecule has 106 valence electrons. The molecule has 0 amide bonds. The molecule has 1 aromatic carbocycles. The van der Waals surface area contributed by atoms with Crippen molar-refractivity contribution in [2.75, 3.05) is 0 Å². The number of hydrogen-bond donors (Lipinski definition) is 1. The highest BCUT2D eigenvalue weighted by Crippen LogP contribution is 2.27. The number of aromatic amines is 1. The number of nitrogens with zero attached hydrogens (tertiary/aromatic N) is 1. The lowest BCUT2D eigenvalue weighted by Crippen LogP contribution is -2.02. The molecule has 1 N–H and O–H groups in total. The van der Waals surface area contributed by atoms with E-state index in [4.69, 9.17) is 23.8 Å². The minimum absolute atomic E-state index is 0.365. The third kappa shape index (κ3) is 4.07. The van der Waals surface area contributed by atoms with Crippen LogP contribution in [0.1, 0.15) is 31.3 Å². The summed E-state index contributed by atoms with van der Waals surface area (Å²) in [6, 6.07) is 7.80. The predicted octanol–water partition coefficient (Wildman–Crippen LogP) is 5.97. The molecule has 1 aromatic heterocycles. The average molecular weight is 390 g/mol. The molecule has 0 atom stereocenters. The number of rotatable bonds is 4. The summed E-state index contributed by atoms with van der Waals surface area (Å²) in [6.45, 7) is 4.25. The van der Waals surface area contributed by atoms with E-state index in [1.807, 2.05) is 24.3 Å². The first kappa shape index (κ1) is 16.0. The van der Waals surface area contributed by atoms with Gasteiger partial charge in [-0.1, -0.05) is 43.7 Å². The van der Waals surface area contributed by atoms with Gasteiger partial charge in [-0.15, -0.1) is 11.8 Å². The van der Waals surface area contributed by atoms with Gasteiger partial charge in [0.25, 0.3) is 0 Å². The van der Waals surface area contributed by atoms with E-state index in [1.54, 1.807) is 11.8 Å². The number of hydrogen-bond acceptors (Lipinski definition) is 3. The van der Waals surface area contributed by atoms with Crippen molar-refractivity contribution in [2.45, 2.75) is 30.4 Å². The lowest BCUT2D eigenvalue weighted by molar-refractivity contribution is 0.788. The van der Waals surface area contributed by atoms with E-state index in [2.05, 4.69) is 39.7 Å². The Morgan fingerprint density at radius 1 is 1.45 bits per heavy atom. The maximum atomic E-state index is 5.98. The SMILES string of the molecule is CC(C)c1[nH]c(CSc2cccc(Cl)c2)nc(=S)c1Br. The summed E-state index contributed by atoms with van der Waals surface area (Å²) in [5, 5.41) is 0.745. The summed E-state index contributed by atoms with van der Waals surface area (Å²) in [4.78, 5) is 8.89. The molecule has 0 bridgehead atoms. The highest BCUT2D eigenvalue weighted by molar-refractivity contribution is 9.10. The van der Waals surface area contributed by atoms with Gasteiger partial charge in [0.05, 0.1) is 10.2 Å². The van der Waals surface area contributed by atoms with E-state index in [1.165, 1.54) is 0 Å². The quantitative estimate of drug-likeness (QED) is 0.516. The molecule has 0 unspecified atom stereocenters. The second-order valence-electron chi connectivity index (χ2n) is 4.62. The van der Waals surface area contributed by atoms with Gasteiger partial charge in [0, 0.05) is 15.6 Å². The molecule has 2 nitrogen and oxygen atoms in total. The van der Waals surface area contributed by atoms with Gasteiger partial charge in [-0.25, -0.2) is 4.98 Å². The lowest BCUT2D eigenvalue weighted by atomic mass is 10.1. The predicted molar refractivity (Wildman–Crippen MR) is 92.2 cm³/mol. The Morgan fingerprint density at radius 3 is 2.85 bits per heavy atom. The van der Waals surface area contributed by atoms with E-state index in [0.29, 0.717) is 10.6 Å². The first-order valence-corrected chi connectivity index (χ1v) is 8.71. The summed E-state index contributed by atoms with van der Waals surface area (Å²) in [5.74, 6) is 1.98. The third-order valence-corrected chi connectivity index (χ3v) is 5.29. The zero-order chi connectivity index (χ0) is 14.7. The van der Waals surface area contributed by atoms with Crippen LogP contribution in [0, 0.1) is 4.64 Å². The molecule has 0 spiro atoms. The standard InChI is InChI=1S/C14H14BrClN2S2/c1-8(2)13-12(15)14(19)18-11(17-13)7-20-10-5-3-4-9(16)6-10/h3-6,8H,7H2,1-2H3,(H,17,18,19). The summed E-state index contributed by atoms with van der Waals surface area (Å²) < 4.78 is 1.49. The highest BCUT2D eigenvalue weighted by Gasteiger charge is 2.10. The van der Waals surface area contributed by atoms with Crippen LogP contribution in [0.2, 0.25) is 5.02 Å². The Kier molecular flexibility index (Phi) is 5.66. The Bertz CT molecular complexity index is 670.